The van der Waals surface area contributed by atoms with E-state index >= 15 is 0 Å². The van der Waals surface area contributed by atoms with Crippen molar-refractivity contribution >= 4 is 41.2 Å². The molecule has 1 saturated heterocycles. The molecule has 0 saturated carbocycles. The number of hydrogen-bond acceptors (Lipinski definition) is 6. The van der Waals surface area contributed by atoms with Gasteiger partial charge in [0.1, 0.15) is 0 Å². The van der Waals surface area contributed by atoms with E-state index in [0.717, 1.165) is 6.20 Å². The van der Waals surface area contributed by atoms with E-state index < -0.39 is 5.82 Å². The van der Waals surface area contributed by atoms with Crippen molar-refractivity contribution in [2.24, 2.45) is 5.10 Å². The molecule has 0 amide bonds. The summed E-state index contributed by atoms with van der Waals surface area (Å²) in [5, 5.41) is 5.04. The molecule has 6 nitrogen and oxygen atoms in total. The molecule has 0 atom stereocenters. The number of hydrogen-bond donors (Lipinski definition) is 1. The first kappa shape index (κ1) is 16.9. The summed E-state index contributed by atoms with van der Waals surface area (Å²) in [5.41, 5.74) is 3.36. The van der Waals surface area contributed by atoms with Crippen LogP contribution in [-0.2, 0) is 4.74 Å². The zero-order valence-electron chi connectivity index (χ0n) is 12.5. The minimum absolute atomic E-state index is 0.194. The van der Waals surface area contributed by atoms with E-state index in [4.69, 9.17) is 27.9 Å². The van der Waals surface area contributed by atoms with E-state index in [1.54, 1.807) is 18.2 Å². The highest BCUT2D eigenvalue weighted by atomic mass is 35.5. The SMILES string of the molecule is Fc1cnc(NN=Cc2ccc(Cl)cc2Cl)nc1N1CCOCC1. The third kappa shape index (κ3) is 4.11. The van der Waals surface area contributed by atoms with Crippen molar-refractivity contribution in [1.29, 1.82) is 0 Å². The summed E-state index contributed by atoms with van der Waals surface area (Å²) in [6, 6.07) is 5.07. The lowest BCUT2D eigenvalue weighted by atomic mass is 10.2. The van der Waals surface area contributed by atoms with Gasteiger partial charge in [-0.15, -0.1) is 0 Å². The maximum atomic E-state index is 13.9. The summed E-state index contributed by atoms with van der Waals surface area (Å²) in [6.07, 6.45) is 2.63. The smallest absolute Gasteiger partial charge is 0.245 e. The summed E-state index contributed by atoms with van der Waals surface area (Å²) in [5.74, 6) is -0.0538. The highest BCUT2D eigenvalue weighted by Crippen LogP contribution is 2.20. The molecule has 0 bridgehead atoms. The monoisotopic (exact) mass is 369 g/mol. The largest absolute Gasteiger partial charge is 0.378 e. The minimum atomic E-state index is -0.479. The number of rotatable bonds is 4. The second-order valence-corrected chi connectivity index (χ2v) is 5.84. The number of nitrogens with one attached hydrogen (secondary N) is 1. The molecule has 24 heavy (non-hydrogen) atoms. The van der Waals surface area contributed by atoms with E-state index in [0.29, 0.717) is 41.9 Å². The molecule has 1 fully saturated rings. The fourth-order valence-corrected chi connectivity index (χ4v) is 2.63. The Kier molecular flexibility index (Phi) is 5.44. The van der Waals surface area contributed by atoms with Gasteiger partial charge in [-0.1, -0.05) is 29.3 Å². The Labute approximate surface area is 148 Å². The predicted molar refractivity (Wildman–Crippen MR) is 92.7 cm³/mol. The van der Waals surface area contributed by atoms with Crippen molar-refractivity contribution in [3.05, 3.63) is 45.8 Å². The van der Waals surface area contributed by atoms with Gasteiger partial charge < -0.3 is 9.64 Å². The highest BCUT2D eigenvalue weighted by Gasteiger charge is 2.17. The molecule has 2 heterocycles. The van der Waals surface area contributed by atoms with E-state index in [1.807, 2.05) is 4.90 Å². The Morgan fingerprint density at radius 3 is 2.83 bits per heavy atom. The van der Waals surface area contributed by atoms with Gasteiger partial charge >= 0.3 is 0 Å². The fraction of sp³-hybridized carbons (Fsp3) is 0.267. The predicted octanol–water partition coefficient (Wildman–Crippen LogP) is 3.21. The van der Waals surface area contributed by atoms with Crippen LogP contribution in [0.4, 0.5) is 16.2 Å². The molecule has 0 radical (unpaired) electrons. The van der Waals surface area contributed by atoms with Crippen molar-refractivity contribution < 1.29 is 9.13 Å². The number of morpholine rings is 1. The first-order valence-electron chi connectivity index (χ1n) is 7.23. The van der Waals surface area contributed by atoms with Crippen LogP contribution in [0.15, 0.2) is 29.5 Å². The van der Waals surface area contributed by atoms with Crippen LogP contribution >= 0.6 is 23.2 Å². The van der Waals surface area contributed by atoms with Crippen molar-refractivity contribution in [3.8, 4) is 0 Å². The van der Waals surface area contributed by atoms with Gasteiger partial charge in [-0.25, -0.2) is 14.8 Å². The summed E-state index contributed by atoms with van der Waals surface area (Å²) in [4.78, 5) is 9.86. The molecule has 0 aliphatic carbocycles. The average Bonchev–Trinajstić information content (AvgIpc) is 2.59. The summed E-state index contributed by atoms with van der Waals surface area (Å²) >= 11 is 11.9. The Bertz CT molecular complexity index is 753. The van der Waals surface area contributed by atoms with Gasteiger partial charge in [0.25, 0.3) is 0 Å². The fourth-order valence-electron chi connectivity index (χ4n) is 2.17. The lowest BCUT2D eigenvalue weighted by molar-refractivity contribution is 0.122. The Hall–Kier alpha value is -1.96. The molecule has 1 aromatic heterocycles. The van der Waals surface area contributed by atoms with Crippen molar-refractivity contribution in [1.82, 2.24) is 9.97 Å². The number of halogens is 3. The van der Waals surface area contributed by atoms with Gasteiger partial charge in [-0.05, 0) is 12.1 Å². The topological polar surface area (TPSA) is 62.6 Å². The zero-order chi connectivity index (χ0) is 16.9. The number of ether oxygens (including phenoxy) is 1. The van der Waals surface area contributed by atoms with Gasteiger partial charge in [0.2, 0.25) is 5.95 Å². The van der Waals surface area contributed by atoms with E-state index in [-0.39, 0.29) is 11.8 Å². The number of anilines is 2. The molecule has 2 aromatic rings. The summed E-state index contributed by atoms with van der Waals surface area (Å²) < 4.78 is 19.2. The second kappa shape index (κ2) is 7.74. The van der Waals surface area contributed by atoms with Crippen LogP contribution in [0.1, 0.15) is 5.56 Å². The molecular weight excluding hydrogens is 356 g/mol. The van der Waals surface area contributed by atoms with Crippen LogP contribution < -0.4 is 10.3 Å². The lowest BCUT2D eigenvalue weighted by Gasteiger charge is -2.27. The second-order valence-electron chi connectivity index (χ2n) is 5.00. The van der Waals surface area contributed by atoms with E-state index in [9.17, 15) is 4.39 Å². The van der Waals surface area contributed by atoms with E-state index in [2.05, 4.69) is 20.5 Å². The lowest BCUT2D eigenvalue weighted by Crippen LogP contribution is -2.37. The van der Waals surface area contributed by atoms with Crippen LogP contribution in [0.3, 0.4) is 0 Å². The molecule has 1 N–H and O–H groups in total. The quantitative estimate of drug-likeness (QED) is 0.662. The summed E-state index contributed by atoms with van der Waals surface area (Å²) in [6.45, 7) is 2.24. The third-order valence-corrected chi connectivity index (χ3v) is 3.93. The molecular formula is C15H14Cl2FN5O. The van der Waals surface area contributed by atoms with Gasteiger partial charge in [0, 0.05) is 23.7 Å². The van der Waals surface area contributed by atoms with Crippen LogP contribution in [0, 0.1) is 5.82 Å². The first-order chi connectivity index (χ1) is 11.6. The maximum Gasteiger partial charge on any atom is 0.245 e. The van der Waals surface area contributed by atoms with Gasteiger partial charge in [-0.3, -0.25) is 0 Å². The Morgan fingerprint density at radius 1 is 1.29 bits per heavy atom. The van der Waals surface area contributed by atoms with Crippen molar-refractivity contribution in [2.75, 3.05) is 36.6 Å². The number of aromatic nitrogens is 2. The highest BCUT2D eigenvalue weighted by molar-refractivity contribution is 6.36. The number of benzene rings is 1. The molecule has 0 spiro atoms. The normalized spacial score (nSPS) is 15.0. The van der Waals surface area contributed by atoms with Crippen LogP contribution in [0.5, 0.6) is 0 Å². The van der Waals surface area contributed by atoms with Crippen LogP contribution in [0.25, 0.3) is 0 Å². The molecule has 0 unspecified atom stereocenters. The number of nitrogens with zero attached hydrogens (tertiary/aromatic N) is 4. The molecule has 1 aliphatic heterocycles. The van der Waals surface area contributed by atoms with Crippen molar-refractivity contribution in [2.45, 2.75) is 0 Å². The standard InChI is InChI=1S/C15H14Cl2FN5O/c16-11-2-1-10(12(17)7-11)8-20-22-15-19-9-13(18)14(21-15)23-3-5-24-6-4-23/h1-2,7-9H,3-6H2,(H,19,21,22). The van der Waals surface area contributed by atoms with Crippen molar-refractivity contribution in [3.63, 3.8) is 0 Å². The first-order valence-corrected chi connectivity index (χ1v) is 7.98. The Morgan fingerprint density at radius 2 is 2.08 bits per heavy atom. The maximum absolute atomic E-state index is 13.9. The van der Waals surface area contributed by atoms with E-state index in [1.165, 1.54) is 6.21 Å². The number of hydrazone groups is 1. The van der Waals surface area contributed by atoms with Crippen LogP contribution in [-0.4, -0.2) is 42.5 Å². The van der Waals surface area contributed by atoms with Gasteiger partial charge in [0.15, 0.2) is 11.6 Å². The molecule has 9 heteroatoms. The average molecular weight is 370 g/mol. The molecule has 1 aromatic carbocycles. The third-order valence-electron chi connectivity index (χ3n) is 3.37. The molecule has 1 aliphatic rings. The Balaban J connectivity index is 1.72. The zero-order valence-corrected chi connectivity index (χ0v) is 14.1. The molecule has 126 valence electrons. The molecule has 3 rings (SSSR count). The van der Waals surface area contributed by atoms with Gasteiger partial charge in [0.05, 0.1) is 30.6 Å². The minimum Gasteiger partial charge on any atom is -0.378 e. The van der Waals surface area contributed by atoms with Crippen LogP contribution in [0.2, 0.25) is 10.0 Å². The van der Waals surface area contributed by atoms with Gasteiger partial charge in [-0.2, -0.15) is 10.1 Å². The summed E-state index contributed by atoms with van der Waals surface area (Å²) in [7, 11) is 0.